The highest BCUT2D eigenvalue weighted by Crippen LogP contribution is 2.17. The third-order valence-corrected chi connectivity index (χ3v) is 2.94. The van der Waals surface area contributed by atoms with Gasteiger partial charge in [-0.15, -0.1) is 0 Å². The van der Waals surface area contributed by atoms with Gasteiger partial charge in [-0.05, 0) is 45.2 Å². The molecule has 1 fully saturated rings. The lowest BCUT2D eigenvalue weighted by molar-refractivity contribution is 0.137. The van der Waals surface area contributed by atoms with Gasteiger partial charge in [0.2, 0.25) is 0 Å². The van der Waals surface area contributed by atoms with E-state index in [1.54, 1.807) is 0 Å². The normalized spacial score (nSPS) is 29.8. The molecule has 2 unspecified atom stereocenters. The summed E-state index contributed by atoms with van der Waals surface area (Å²) < 4.78 is 0. The van der Waals surface area contributed by atoms with Crippen LogP contribution in [0.2, 0.25) is 0 Å². The Kier molecular flexibility index (Phi) is 4.02. The molecule has 0 saturated carbocycles. The largest absolute Gasteiger partial charge is 0.395 e. The third kappa shape index (κ3) is 2.76. The SMILES string of the molecule is CC1CCCN(C(C)CO)CC1. The zero-order chi connectivity index (χ0) is 8.97. The molecule has 1 aliphatic heterocycles. The molecule has 0 aromatic rings. The molecule has 0 spiro atoms. The van der Waals surface area contributed by atoms with Crippen molar-refractivity contribution in [3.8, 4) is 0 Å². The van der Waals surface area contributed by atoms with Crippen molar-refractivity contribution in [2.75, 3.05) is 19.7 Å². The van der Waals surface area contributed by atoms with Crippen LogP contribution >= 0.6 is 0 Å². The van der Waals surface area contributed by atoms with Crippen LogP contribution in [-0.4, -0.2) is 35.7 Å². The monoisotopic (exact) mass is 171 g/mol. The maximum Gasteiger partial charge on any atom is 0.0584 e. The second kappa shape index (κ2) is 4.83. The van der Waals surface area contributed by atoms with Gasteiger partial charge in [0.05, 0.1) is 6.61 Å². The van der Waals surface area contributed by atoms with Crippen molar-refractivity contribution >= 4 is 0 Å². The van der Waals surface area contributed by atoms with Gasteiger partial charge in [-0.1, -0.05) is 6.92 Å². The Morgan fingerprint density at radius 2 is 2.17 bits per heavy atom. The van der Waals surface area contributed by atoms with E-state index in [2.05, 4.69) is 18.7 Å². The first kappa shape index (κ1) is 10.0. The fourth-order valence-electron chi connectivity index (χ4n) is 1.84. The topological polar surface area (TPSA) is 23.5 Å². The standard InChI is InChI=1S/C10H21NO/c1-9-4-3-6-11(7-5-9)10(2)8-12/h9-10,12H,3-8H2,1-2H3. The first-order chi connectivity index (χ1) is 5.74. The van der Waals surface area contributed by atoms with Gasteiger partial charge in [-0.25, -0.2) is 0 Å². The lowest BCUT2D eigenvalue weighted by Gasteiger charge is -2.25. The smallest absolute Gasteiger partial charge is 0.0584 e. The number of rotatable bonds is 2. The Bertz CT molecular complexity index is 127. The van der Waals surface area contributed by atoms with Crippen LogP contribution in [0, 0.1) is 5.92 Å². The molecule has 0 aliphatic carbocycles. The molecule has 2 atom stereocenters. The molecule has 0 aromatic heterocycles. The summed E-state index contributed by atoms with van der Waals surface area (Å²) in [5, 5.41) is 9.00. The van der Waals surface area contributed by atoms with Crippen LogP contribution in [0.4, 0.5) is 0 Å². The molecule has 0 radical (unpaired) electrons. The minimum absolute atomic E-state index is 0.300. The average molecular weight is 171 g/mol. The molecule has 1 rings (SSSR count). The van der Waals surface area contributed by atoms with Crippen LogP contribution in [0.25, 0.3) is 0 Å². The molecular formula is C10H21NO. The minimum atomic E-state index is 0.300. The Balaban J connectivity index is 2.35. The predicted molar refractivity (Wildman–Crippen MR) is 51.1 cm³/mol. The molecule has 1 N–H and O–H groups in total. The number of aliphatic hydroxyl groups is 1. The first-order valence-corrected chi connectivity index (χ1v) is 5.09. The van der Waals surface area contributed by atoms with Crippen molar-refractivity contribution < 1.29 is 5.11 Å². The molecular weight excluding hydrogens is 150 g/mol. The summed E-state index contributed by atoms with van der Waals surface area (Å²) in [7, 11) is 0. The fourth-order valence-corrected chi connectivity index (χ4v) is 1.84. The second-order valence-electron chi connectivity index (χ2n) is 4.10. The maximum atomic E-state index is 9.00. The van der Waals surface area contributed by atoms with Gasteiger partial charge in [0.25, 0.3) is 0 Å². The minimum Gasteiger partial charge on any atom is -0.395 e. The van der Waals surface area contributed by atoms with Gasteiger partial charge >= 0.3 is 0 Å². The van der Waals surface area contributed by atoms with E-state index in [1.807, 2.05) is 0 Å². The molecule has 12 heavy (non-hydrogen) atoms. The summed E-state index contributed by atoms with van der Waals surface area (Å²) in [6.45, 7) is 7.08. The maximum absolute atomic E-state index is 9.00. The zero-order valence-electron chi connectivity index (χ0n) is 8.29. The van der Waals surface area contributed by atoms with Crippen LogP contribution < -0.4 is 0 Å². The van der Waals surface area contributed by atoms with Crippen LogP contribution in [-0.2, 0) is 0 Å². The molecule has 2 heteroatoms. The van der Waals surface area contributed by atoms with E-state index in [1.165, 1.54) is 32.4 Å². The molecule has 1 aliphatic rings. The zero-order valence-corrected chi connectivity index (χ0v) is 8.29. The van der Waals surface area contributed by atoms with E-state index in [4.69, 9.17) is 5.11 Å². The molecule has 0 aromatic carbocycles. The second-order valence-corrected chi connectivity index (χ2v) is 4.10. The van der Waals surface area contributed by atoms with E-state index < -0.39 is 0 Å². The van der Waals surface area contributed by atoms with E-state index in [-0.39, 0.29) is 0 Å². The highest BCUT2D eigenvalue weighted by Gasteiger charge is 2.17. The van der Waals surface area contributed by atoms with Crippen LogP contribution in [0.3, 0.4) is 0 Å². The number of likely N-dealkylation sites (tertiary alicyclic amines) is 1. The predicted octanol–water partition coefficient (Wildman–Crippen LogP) is 1.49. The van der Waals surface area contributed by atoms with Gasteiger partial charge in [-0.3, -0.25) is 4.90 Å². The average Bonchev–Trinajstić information content (AvgIpc) is 2.29. The number of hydrogen-bond donors (Lipinski definition) is 1. The molecule has 0 bridgehead atoms. The third-order valence-electron chi connectivity index (χ3n) is 2.94. The first-order valence-electron chi connectivity index (χ1n) is 5.09. The van der Waals surface area contributed by atoms with E-state index in [9.17, 15) is 0 Å². The van der Waals surface area contributed by atoms with E-state index >= 15 is 0 Å². The van der Waals surface area contributed by atoms with Crippen molar-refractivity contribution in [1.29, 1.82) is 0 Å². The summed E-state index contributed by atoms with van der Waals surface area (Å²) in [5.74, 6) is 0.876. The Labute approximate surface area is 75.6 Å². The van der Waals surface area contributed by atoms with Crippen molar-refractivity contribution in [3.63, 3.8) is 0 Å². The lowest BCUT2D eigenvalue weighted by Crippen LogP contribution is -2.36. The Hall–Kier alpha value is -0.0800. The van der Waals surface area contributed by atoms with Crippen molar-refractivity contribution in [3.05, 3.63) is 0 Å². The molecule has 1 saturated heterocycles. The molecule has 0 amide bonds. The number of hydrogen-bond acceptors (Lipinski definition) is 2. The van der Waals surface area contributed by atoms with Crippen molar-refractivity contribution in [2.45, 2.75) is 39.2 Å². The van der Waals surface area contributed by atoms with E-state index in [0.29, 0.717) is 12.6 Å². The van der Waals surface area contributed by atoms with Crippen LogP contribution in [0.15, 0.2) is 0 Å². The Morgan fingerprint density at radius 1 is 1.42 bits per heavy atom. The van der Waals surface area contributed by atoms with Crippen LogP contribution in [0.1, 0.15) is 33.1 Å². The van der Waals surface area contributed by atoms with Gasteiger partial charge in [0, 0.05) is 6.04 Å². The summed E-state index contributed by atoms with van der Waals surface area (Å²) in [6.07, 6.45) is 3.95. The van der Waals surface area contributed by atoms with Crippen molar-refractivity contribution in [2.24, 2.45) is 5.92 Å². The molecule has 72 valence electrons. The molecule has 2 nitrogen and oxygen atoms in total. The van der Waals surface area contributed by atoms with Gasteiger partial charge in [-0.2, -0.15) is 0 Å². The fraction of sp³-hybridized carbons (Fsp3) is 1.00. The highest BCUT2D eigenvalue weighted by atomic mass is 16.3. The Morgan fingerprint density at radius 3 is 2.83 bits per heavy atom. The van der Waals surface area contributed by atoms with Gasteiger partial charge in [0.15, 0.2) is 0 Å². The highest BCUT2D eigenvalue weighted by molar-refractivity contribution is 4.71. The van der Waals surface area contributed by atoms with E-state index in [0.717, 1.165) is 5.92 Å². The lowest BCUT2D eigenvalue weighted by atomic mass is 10.0. The quantitative estimate of drug-likeness (QED) is 0.680. The van der Waals surface area contributed by atoms with Gasteiger partial charge in [0.1, 0.15) is 0 Å². The summed E-state index contributed by atoms with van der Waals surface area (Å²) >= 11 is 0. The molecule has 1 heterocycles. The number of nitrogens with zero attached hydrogens (tertiary/aromatic N) is 1. The summed E-state index contributed by atoms with van der Waals surface area (Å²) in [5.41, 5.74) is 0. The summed E-state index contributed by atoms with van der Waals surface area (Å²) in [6, 6.07) is 0.357. The summed E-state index contributed by atoms with van der Waals surface area (Å²) in [4.78, 5) is 2.41. The number of aliphatic hydroxyl groups excluding tert-OH is 1. The van der Waals surface area contributed by atoms with Crippen molar-refractivity contribution in [1.82, 2.24) is 4.90 Å². The van der Waals surface area contributed by atoms with Crippen LogP contribution in [0.5, 0.6) is 0 Å². The van der Waals surface area contributed by atoms with Gasteiger partial charge < -0.3 is 5.11 Å².